The molecule has 4 rings (SSSR count). The van der Waals surface area contributed by atoms with Gasteiger partial charge in [0.1, 0.15) is 5.75 Å². The zero-order valence-corrected chi connectivity index (χ0v) is 15.3. The smallest absolute Gasteiger partial charge is 0.278 e. The molecule has 2 aromatic carbocycles. The Bertz CT molecular complexity index is 1030. The molecular formula is C19H18N4O5. The van der Waals surface area contributed by atoms with E-state index >= 15 is 0 Å². The number of nitrogens with zero attached hydrogens (tertiary/aromatic N) is 3. The van der Waals surface area contributed by atoms with Gasteiger partial charge in [0, 0.05) is 19.2 Å². The Morgan fingerprint density at radius 2 is 1.96 bits per heavy atom. The molecule has 1 aromatic heterocycles. The molecule has 0 saturated heterocycles. The third-order valence-corrected chi connectivity index (χ3v) is 4.58. The van der Waals surface area contributed by atoms with E-state index in [1.54, 1.807) is 19.4 Å². The number of nitro groups is 1. The van der Waals surface area contributed by atoms with E-state index < -0.39 is 4.92 Å². The fraction of sp³-hybridized carbons (Fsp3) is 0.211. The van der Waals surface area contributed by atoms with E-state index in [9.17, 15) is 10.1 Å². The SMILES string of the molecule is COc1ccc(-c2cnc(NCc3cc4c(cc3[N+](=O)[O-])OCO4)n2C)cc1. The Balaban J connectivity index is 1.56. The molecule has 0 saturated carbocycles. The monoisotopic (exact) mass is 382 g/mol. The van der Waals surface area contributed by atoms with Crippen LogP contribution in [0.4, 0.5) is 11.6 Å². The predicted octanol–water partition coefficient (Wildman–Crippen LogP) is 3.34. The van der Waals surface area contributed by atoms with Crippen LogP contribution in [-0.2, 0) is 13.6 Å². The second kappa shape index (κ2) is 7.10. The molecule has 2 heterocycles. The molecule has 1 N–H and O–H groups in total. The maximum atomic E-state index is 11.4. The Morgan fingerprint density at radius 3 is 2.64 bits per heavy atom. The van der Waals surface area contributed by atoms with Gasteiger partial charge in [-0.3, -0.25) is 10.1 Å². The first kappa shape index (κ1) is 17.7. The van der Waals surface area contributed by atoms with Crippen LogP contribution in [0, 0.1) is 10.1 Å². The summed E-state index contributed by atoms with van der Waals surface area (Å²) in [7, 11) is 3.50. The van der Waals surface area contributed by atoms with Crippen molar-refractivity contribution >= 4 is 11.6 Å². The summed E-state index contributed by atoms with van der Waals surface area (Å²) < 4.78 is 17.6. The van der Waals surface area contributed by atoms with Crippen LogP contribution < -0.4 is 19.5 Å². The van der Waals surface area contributed by atoms with Gasteiger partial charge in [0.05, 0.1) is 35.6 Å². The number of nitrogens with one attached hydrogen (secondary N) is 1. The fourth-order valence-corrected chi connectivity index (χ4v) is 3.06. The summed E-state index contributed by atoms with van der Waals surface area (Å²) in [4.78, 5) is 15.4. The lowest BCUT2D eigenvalue weighted by Gasteiger charge is -2.10. The highest BCUT2D eigenvalue weighted by Gasteiger charge is 2.23. The average molecular weight is 382 g/mol. The Morgan fingerprint density at radius 1 is 1.25 bits per heavy atom. The number of hydrogen-bond acceptors (Lipinski definition) is 7. The Labute approximate surface area is 160 Å². The average Bonchev–Trinajstić information content (AvgIpc) is 3.31. The van der Waals surface area contributed by atoms with E-state index in [0.29, 0.717) is 23.0 Å². The molecule has 3 aromatic rings. The number of ether oxygens (including phenoxy) is 3. The molecule has 0 amide bonds. The van der Waals surface area contributed by atoms with Crippen molar-refractivity contribution in [1.29, 1.82) is 0 Å². The number of hydrogen-bond donors (Lipinski definition) is 1. The molecule has 9 heteroatoms. The molecule has 1 aliphatic rings. The van der Waals surface area contributed by atoms with Crippen LogP contribution in [0.3, 0.4) is 0 Å². The molecule has 1 aliphatic heterocycles. The number of nitro benzene ring substituents is 1. The van der Waals surface area contributed by atoms with Crippen LogP contribution in [-0.4, -0.2) is 28.4 Å². The van der Waals surface area contributed by atoms with Gasteiger partial charge in [-0.1, -0.05) is 0 Å². The molecule has 0 aliphatic carbocycles. The van der Waals surface area contributed by atoms with Crippen LogP contribution in [0.25, 0.3) is 11.3 Å². The number of methoxy groups -OCH3 is 1. The molecule has 9 nitrogen and oxygen atoms in total. The van der Waals surface area contributed by atoms with E-state index in [-0.39, 0.29) is 19.0 Å². The van der Waals surface area contributed by atoms with Gasteiger partial charge in [-0.05, 0) is 30.3 Å². The highest BCUT2D eigenvalue weighted by molar-refractivity contribution is 5.63. The number of rotatable bonds is 6. The van der Waals surface area contributed by atoms with Gasteiger partial charge in [-0.15, -0.1) is 0 Å². The molecule has 0 fully saturated rings. The van der Waals surface area contributed by atoms with E-state index in [1.807, 2.05) is 35.9 Å². The minimum Gasteiger partial charge on any atom is -0.497 e. The fourth-order valence-electron chi connectivity index (χ4n) is 3.06. The van der Waals surface area contributed by atoms with E-state index in [0.717, 1.165) is 17.0 Å². The van der Waals surface area contributed by atoms with Crippen LogP contribution >= 0.6 is 0 Å². The van der Waals surface area contributed by atoms with Crippen LogP contribution in [0.1, 0.15) is 5.56 Å². The molecule has 0 unspecified atom stereocenters. The largest absolute Gasteiger partial charge is 0.497 e. The minimum absolute atomic E-state index is 0.0265. The first-order valence-corrected chi connectivity index (χ1v) is 8.53. The van der Waals surface area contributed by atoms with E-state index in [4.69, 9.17) is 14.2 Å². The molecule has 0 spiro atoms. The van der Waals surface area contributed by atoms with Gasteiger partial charge in [-0.25, -0.2) is 4.98 Å². The molecule has 144 valence electrons. The van der Waals surface area contributed by atoms with Crippen molar-refractivity contribution in [3.8, 4) is 28.5 Å². The molecule has 0 bridgehead atoms. The maximum Gasteiger partial charge on any atom is 0.278 e. The Hall–Kier alpha value is -3.75. The lowest BCUT2D eigenvalue weighted by atomic mass is 10.1. The normalized spacial score (nSPS) is 12.1. The summed E-state index contributed by atoms with van der Waals surface area (Å²) in [5.74, 6) is 2.26. The van der Waals surface area contributed by atoms with Crippen LogP contribution in [0.15, 0.2) is 42.6 Å². The van der Waals surface area contributed by atoms with E-state index in [2.05, 4.69) is 10.3 Å². The van der Waals surface area contributed by atoms with Crippen molar-refractivity contribution in [2.45, 2.75) is 6.54 Å². The molecule has 0 atom stereocenters. The number of imidazole rings is 1. The van der Waals surface area contributed by atoms with Gasteiger partial charge in [0.15, 0.2) is 11.5 Å². The molecular weight excluding hydrogens is 364 g/mol. The maximum absolute atomic E-state index is 11.4. The van der Waals surface area contributed by atoms with Gasteiger partial charge in [0.25, 0.3) is 5.69 Å². The summed E-state index contributed by atoms with van der Waals surface area (Å²) in [6.45, 7) is 0.286. The summed E-state index contributed by atoms with van der Waals surface area (Å²) in [5, 5.41) is 14.5. The van der Waals surface area contributed by atoms with Gasteiger partial charge < -0.3 is 24.1 Å². The zero-order chi connectivity index (χ0) is 19.7. The lowest BCUT2D eigenvalue weighted by Crippen LogP contribution is -2.07. The van der Waals surface area contributed by atoms with Crippen molar-refractivity contribution in [1.82, 2.24) is 9.55 Å². The minimum atomic E-state index is -0.430. The third-order valence-electron chi connectivity index (χ3n) is 4.58. The first-order chi connectivity index (χ1) is 13.6. The second-order valence-corrected chi connectivity index (χ2v) is 6.20. The first-order valence-electron chi connectivity index (χ1n) is 8.53. The highest BCUT2D eigenvalue weighted by atomic mass is 16.7. The number of anilines is 1. The van der Waals surface area contributed by atoms with Gasteiger partial charge >= 0.3 is 0 Å². The summed E-state index contributed by atoms with van der Waals surface area (Å²) in [6.07, 6.45) is 1.75. The number of benzene rings is 2. The highest BCUT2D eigenvalue weighted by Crippen LogP contribution is 2.38. The Kier molecular flexibility index (Phi) is 4.48. The van der Waals surface area contributed by atoms with Crippen molar-refractivity contribution in [2.75, 3.05) is 19.2 Å². The summed E-state index contributed by atoms with van der Waals surface area (Å²) in [5.41, 5.74) is 2.35. The van der Waals surface area contributed by atoms with Gasteiger partial charge in [-0.2, -0.15) is 0 Å². The topological polar surface area (TPSA) is 101 Å². The quantitative estimate of drug-likeness (QED) is 0.515. The van der Waals surface area contributed by atoms with Crippen molar-refractivity contribution in [3.63, 3.8) is 0 Å². The summed E-state index contributed by atoms with van der Waals surface area (Å²) in [6, 6.07) is 10.7. The zero-order valence-electron chi connectivity index (χ0n) is 15.3. The van der Waals surface area contributed by atoms with Crippen molar-refractivity contribution in [2.24, 2.45) is 7.05 Å². The van der Waals surface area contributed by atoms with Crippen LogP contribution in [0.2, 0.25) is 0 Å². The second-order valence-electron chi connectivity index (χ2n) is 6.20. The number of fused-ring (bicyclic) bond motifs is 1. The predicted molar refractivity (Wildman–Crippen MR) is 102 cm³/mol. The van der Waals surface area contributed by atoms with Crippen molar-refractivity contribution < 1.29 is 19.1 Å². The third kappa shape index (κ3) is 3.18. The van der Waals surface area contributed by atoms with Gasteiger partial charge in [0.2, 0.25) is 12.7 Å². The van der Waals surface area contributed by atoms with E-state index in [1.165, 1.54) is 6.07 Å². The molecule has 28 heavy (non-hydrogen) atoms. The standard InChI is InChI=1S/C19H18N4O5/c1-22-16(12-3-5-14(26-2)6-4-12)10-21-19(22)20-9-13-7-17-18(28-11-27-17)8-15(13)23(24)25/h3-8,10H,9,11H2,1-2H3,(H,20,21). The summed E-state index contributed by atoms with van der Waals surface area (Å²) >= 11 is 0. The van der Waals surface area contributed by atoms with Crippen LogP contribution in [0.5, 0.6) is 17.2 Å². The molecule has 0 radical (unpaired) electrons. The number of aromatic nitrogens is 2. The lowest BCUT2D eigenvalue weighted by molar-refractivity contribution is -0.385. The van der Waals surface area contributed by atoms with Crippen molar-refractivity contribution in [3.05, 3.63) is 58.3 Å².